The van der Waals surface area contributed by atoms with E-state index in [0.717, 1.165) is 38.5 Å². The van der Waals surface area contributed by atoms with Crippen LogP contribution in [0.4, 0.5) is 0 Å². The van der Waals surface area contributed by atoms with Crippen LogP contribution in [-0.4, -0.2) is 23.1 Å². The molecule has 0 saturated heterocycles. The SMILES string of the molecule is CCCCCCCCC(=O)CC(=O)c1cccc(C(=O)CC(=O)CCCCCCCC)c1. The van der Waals surface area contributed by atoms with Crippen molar-refractivity contribution >= 4 is 23.1 Å². The third-order valence-electron chi connectivity index (χ3n) is 5.84. The molecule has 1 aromatic rings. The van der Waals surface area contributed by atoms with Gasteiger partial charge in [0.1, 0.15) is 11.6 Å². The van der Waals surface area contributed by atoms with Crippen molar-refractivity contribution < 1.29 is 19.2 Å². The Morgan fingerprint density at radius 3 is 1.34 bits per heavy atom. The molecule has 4 heteroatoms. The predicted molar refractivity (Wildman–Crippen MR) is 130 cm³/mol. The van der Waals surface area contributed by atoms with Gasteiger partial charge in [-0.25, -0.2) is 0 Å². The zero-order valence-corrected chi connectivity index (χ0v) is 20.3. The lowest BCUT2D eigenvalue weighted by molar-refractivity contribution is -0.119. The lowest BCUT2D eigenvalue weighted by atomic mass is 9.97. The maximum Gasteiger partial charge on any atom is 0.170 e. The first kappa shape index (κ1) is 27.9. The van der Waals surface area contributed by atoms with Gasteiger partial charge in [0, 0.05) is 24.0 Å². The summed E-state index contributed by atoms with van der Waals surface area (Å²) in [4.78, 5) is 49.2. The zero-order chi connectivity index (χ0) is 23.6. The van der Waals surface area contributed by atoms with Crippen molar-refractivity contribution in [3.63, 3.8) is 0 Å². The molecule has 0 amide bonds. The molecule has 0 heterocycles. The van der Waals surface area contributed by atoms with Crippen LogP contribution in [0.3, 0.4) is 0 Å². The van der Waals surface area contributed by atoms with Gasteiger partial charge in [0.2, 0.25) is 0 Å². The number of Topliss-reactive ketones (excluding diaryl/α,β-unsaturated/α-hetero) is 4. The second-order valence-electron chi connectivity index (χ2n) is 8.89. The van der Waals surface area contributed by atoms with Crippen molar-refractivity contribution in [1.82, 2.24) is 0 Å². The summed E-state index contributed by atoms with van der Waals surface area (Å²) in [5.41, 5.74) is 0.742. The molecule has 4 nitrogen and oxygen atoms in total. The van der Waals surface area contributed by atoms with Crippen LogP contribution < -0.4 is 0 Å². The van der Waals surface area contributed by atoms with Crippen LogP contribution in [0.1, 0.15) is 137 Å². The first-order valence-corrected chi connectivity index (χ1v) is 12.7. The lowest BCUT2D eigenvalue weighted by Crippen LogP contribution is -2.11. The second-order valence-corrected chi connectivity index (χ2v) is 8.89. The van der Waals surface area contributed by atoms with E-state index in [4.69, 9.17) is 0 Å². The van der Waals surface area contributed by atoms with Crippen molar-refractivity contribution in [3.8, 4) is 0 Å². The average Bonchev–Trinajstić information content (AvgIpc) is 2.78. The molecule has 0 radical (unpaired) electrons. The van der Waals surface area contributed by atoms with Gasteiger partial charge in [0.05, 0.1) is 12.8 Å². The van der Waals surface area contributed by atoms with E-state index in [9.17, 15) is 19.2 Å². The van der Waals surface area contributed by atoms with Crippen LogP contribution in [0.25, 0.3) is 0 Å². The molecular weight excluding hydrogens is 400 g/mol. The number of carbonyl (C=O) groups is 4. The summed E-state index contributed by atoms with van der Waals surface area (Å²) in [6.45, 7) is 4.35. The normalized spacial score (nSPS) is 10.8. The van der Waals surface area contributed by atoms with E-state index in [2.05, 4.69) is 13.8 Å². The number of benzene rings is 1. The van der Waals surface area contributed by atoms with Gasteiger partial charge in [0.15, 0.2) is 11.6 Å². The Labute approximate surface area is 194 Å². The van der Waals surface area contributed by atoms with E-state index >= 15 is 0 Å². The maximum atomic E-state index is 12.5. The summed E-state index contributed by atoms with van der Waals surface area (Å²) in [7, 11) is 0. The number of hydrogen-bond acceptors (Lipinski definition) is 4. The molecule has 1 rings (SSSR count). The number of unbranched alkanes of at least 4 members (excludes halogenated alkanes) is 10. The summed E-state index contributed by atoms with van der Waals surface area (Å²) < 4.78 is 0. The molecule has 0 aliphatic heterocycles. The van der Waals surface area contributed by atoms with Crippen LogP contribution in [-0.2, 0) is 9.59 Å². The third kappa shape index (κ3) is 12.7. The van der Waals surface area contributed by atoms with E-state index in [0.29, 0.717) is 24.0 Å². The first-order chi connectivity index (χ1) is 15.5. The van der Waals surface area contributed by atoms with Crippen molar-refractivity contribution in [3.05, 3.63) is 35.4 Å². The molecule has 0 N–H and O–H groups in total. The molecule has 0 spiro atoms. The Balaban J connectivity index is 2.40. The van der Waals surface area contributed by atoms with Crippen molar-refractivity contribution in [2.75, 3.05) is 0 Å². The summed E-state index contributed by atoms with van der Waals surface area (Å²) in [6.07, 6.45) is 13.9. The van der Waals surface area contributed by atoms with Crippen LogP contribution in [0, 0.1) is 0 Å². The van der Waals surface area contributed by atoms with E-state index in [-0.39, 0.29) is 36.0 Å². The Bertz CT molecular complexity index is 663. The fourth-order valence-corrected chi connectivity index (χ4v) is 3.81. The molecule has 0 fully saturated rings. The quantitative estimate of drug-likeness (QED) is 0.119. The molecule has 0 aliphatic rings. The predicted octanol–water partition coefficient (Wildman–Crippen LogP) is 7.47. The van der Waals surface area contributed by atoms with Gasteiger partial charge in [-0.15, -0.1) is 0 Å². The highest BCUT2D eigenvalue weighted by atomic mass is 16.2. The van der Waals surface area contributed by atoms with Crippen molar-refractivity contribution in [2.45, 2.75) is 117 Å². The minimum atomic E-state index is -0.256. The molecular formula is C28H42O4. The van der Waals surface area contributed by atoms with E-state index in [1.165, 1.54) is 44.6 Å². The van der Waals surface area contributed by atoms with Gasteiger partial charge < -0.3 is 0 Å². The van der Waals surface area contributed by atoms with E-state index in [1.54, 1.807) is 18.2 Å². The van der Waals surface area contributed by atoms with Crippen molar-refractivity contribution in [2.24, 2.45) is 0 Å². The molecule has 0 atom stereocenters. The summed E-state index contributed by atoms with van der Waals surface area (Å²) in [5, 5.41) is 0. The zero-order valence-electron chi connectivity index (χ0n) is 20.3. The lowest BCUT2D eigenvalue weighted by Gasteiger charge is -2.05. The highest BCUT2D eigenvalue weighted by Gasteiger charge is 2.16. The van der Waals surface area contributed by atoms with Crippen LogP contribution in [0.5, 0.6) is 0 Å². The van der Waals surface area contributed by atoms with Gasteiger partial charge in [-0.3, -0.25) is 19.2 Å². The molecule has 0 unspecified atom stereocenters. The standard InChI is InChI=1S/C28H42O4/c1-3-5-7-9-11-13-18-25(29)21-27(31)23-16-15-17-24(20-23)28(32)22-26(30)19-14-12-10-8-6-4-2/h15-17,20H,3-14,18-19,21-22H2,1-2H3. The minimum Gasteiger partial charge on any atom is -0.299 e. The van der Waals surface area contributed by atoms with E-state index < -0.39 is 0 Å². The van der Waals surface area contributed by atoms with Crippen LogP contribution >= 0.6 is 0 Å². The van der Waals surface area contributed by atoms with Gasteiger partial charge in [0.25, 0.3) is 0 Å². The van der Waals surface area contributed by atoms with Gasteiger partial charge >= 0.3 is 0 Å². The molecule has 0 saturated carbocycles. The first-order valence-electron chi connectivity index (χ1n) is 12.7. The Kier molecular flexibility index (Phi) is 15.2. The number of carbonyl (C=O) groups excluding carboxylic acids is 4. The Hall–Kier alpha value is -2.10. The van der Waals surface area contributed by atoms with Gasteiger partial charge in [-0.05, 0) is 18.9 Å². The number of ketones is 4. The third-order valence-corrected chi connectivity index (χ3v) is 5.84. The fraction of sp³-hybridized carbons (Fsp3) is 0.643. The maximum absolute atomic E-state index is 12.5. The molecule has 0 bridgehead atoms. The molecule has 1 aromatic carbocycles. The monoisotopic (exact) mass is 442 g/mol. The molecule has 0 aromatic heterocycles. The van der Waals surface area contributed by atoms with Gasteiger partial charge in [-0.2, -0.15) is 0 Å². The number of hydrogen-bond donors (Lipinski definition) is 0. The molecule has 0 aliphatic carbocycles. The molecule has 32 heavy (non-hydrogen) atoms. The summed E-state index contributed by atoms with van der Waals surface area (Å²) in [5.74, 6) is -0.601. The fourth-order valence-electron chi connectivity index (χ4n) is 3.81. The topological polar surface area (TPSA) is 68.3 Å². The Morgan fingerprint density at radius 1 is 0.562 bits per heavy atom. The smallest absolute Gasteiger partial charge is 0.170 e. The highest BCUT2D eigenvalue weighted by molar-refractivity contribution is 6.11. The largest absolute Gasteiger partial charge is 0.299 e. The number of rotatable bonds is 20. The van der Waals surface area contributed by atoms with Crippen LogP contribution in [0.2, 0.25) is 0 Å². The Morgan fingerprint density at radius 2 is 0.938 bits per heavy atom. The highest BCUT2D eigenvalue weighted by Crippen LogP contribution is 2.14. The molecule has 178 valence electrons. The van der Waals surface area contributed by atoms with E-state index in [1.807, 2.05) is 0 Å². The van der Waals surface area contributed by atoms with Crippen molar-refractivity contribution in [1.29, 1.82) is 0 Å². The summed E-state index contributed by atoms with van der Waals surface area (Å²) in [6, 6.07) is 6.45. The average molecular weight is 443 g/mol. The summed E-state index contributed by atoms with van der Waals surface area (Å²) >= 11 is 0. The second kappa shape index (κ2) is 17.5. The minimum absolute atomic E-state index is 0.0451. The van der Waals surface area contributed by atoms with Crippen LogP contribution in [0.15, 0.2) is 24.3 Å². The van der Waals surface area contributed by atoms with Gasteiger partial charge in [-0.1, -0.05) is 96.3 Å².